The van der Waals surface area contributed by atoms with Gasteiger partial charge < -0.3 is 19.4 Å². The Morgan fingerprint density at radius 2 is 1.59 bits per heavy atom. The zero-order valence-corrected chi connectivity index (χ0v) is 14.3. The Morgan fingerprint density at radius 1 is 0.852 bits per heavy atom. The van der Waals surface area contributed by atoms with Gasteiger partial charge in [-0.2, -0.15) is 0 Å². The lowest BCUT2D eigenvalue weighted by atomic mass is 10.1. The Labute approximate surface area is 154 Å². The van der Waals surface area contributed by atoms with E-state index >= 15 is 0 Å². The van der Waals surface area contributed by atoms with Crippen LogP contribution in [0.25, 0.3) is 22.3 Å². The van der Waals surface area contributed by atoms with Crippen LogP contribution in [0.4, 0.5) is 0 Å². The van der Waals surface area contributed by atoms with E-state index in [2.05, 4.69) is 0 Å². The van der Waals surface area contributed by atoms with Gasteiger partial charge in [0.05, 0.1) is 0 Å². The van der Waals surface area contributed by atoms with E-state index in [0.717, 1.165) is 5.56 Å². The van der Waals surface area contributed by atoms with E-state index < -0.39 is 11.2 Å². The van der Waals surface area contributed by atoms with Crippen LogP contribution in [0.1, 0.15) is 5.56 Å². The van der Waals surface area contributed by atoms with Gasteiger partial charge in [-0.1, -0.05) is 36.4 Å². The molecule has 0 saturated carbocycles. The zero-order chi connectivity index (χ0) is 18.8. The van der Waals surface area contributed by atoms with E-state index in [1.54, 1.807) is 30.3 Å². The zero-order valence-electron chi connectivity index (χ0n) is 14.3. The standard InChI is InChI=1S/C22H16O5/c23-16-11-9-15(10-12-16)22-21(25)20(24)19-17(7-4-8-18(19)27-22)26-13-14-5-2-1-3-6-14/h1-12,23,25H,13H2. The van der Waals surface area contributed by atoms with Crippen molar-refractivity contribution in [3.05, 3.63) is 88.6 Å². The molecule has 2 N–H and O–H groups in total. The summed E-state index contributed by atoms with van der Waals surface area (Å²) in [6.45, 7) is 0.292. The molecule has 5 nitrogen and oxygen atoms in total. The third-order valence-corrected chi connectivity index (χ3v) is 4.22. The second-order valence-corrected chi connectivity index (χ2v) is 6.06. The smallest absolute Gasteiger partial charge is 0.238 e. The van der Waals surface area contributed by atoms with Crippen molar-refractivity contribution in [2.75, 3.05) is 0 Å². The molecule has 0 aliphatic carbocycles. The van der Waals surface area contributed by atoms with Crippen LogP contribution in [0.5, 0.6) is 17.2 Å². The molecule has 0 bridgehead atoms. The number of hydrogen-bond donors (Lipinski definition) is 2. The van der Waals surface area contributed by atoms with E-state index in [1.165, 1.54) is 12.1 Å². The van der Waals surface area contributed by atoms with Gasteiger partial charge in [-0.05, 0) is 42.0 Å². The van der Waals surface area contributed by atoms with Crippen LogP contribution in [0.2, 0.25) is 0 Å². The van der Waals surface area contributed by atoms with Gasteiger partial charge in [0.1, 0.15) is 29.1 Å². The summed E-state index contributed by atoms with van der Waals surface area (Å²) in [4.78, 5) is 12.8. The van der Waals surface area contributed by atoms with Crippen molar-refractivity contribution in [2.45, 2.75) is 6.61 Å². The minimum absolute atomic E-state index is 0.0488. The van der Waals surface area contributed by atoms with Crippen molar-refractivity contribution in [1.82, 2.24) is 0 Å². The first kappa shape index (κ1) is 16.7. The summed E-state index contributed by atoms with van der Waals surface area (Å²) in [6.07, 6.45) is 0. The summed E-state index contributed by atoms with van der Waals surface area (Å²) in [5, 5.41) is 20.0. The molecule has 4 aromatic rings. The maximum Gasteiger partial charge on any atom is 0.238 e. The Bertz CT molecular complexity index is 1150. The molecule has 0 aliphatic heterocycles. The number of benzene rings is 3. The largest absolute Gasteiger partial charge is 0.508 e. The summed E-state index contributed by atoms with van der Waals surface area (Å²) in [5.41, 5.74) is 1.19. The summed E-state index contributed by atoms with van der Waals surface area (Å²) in [7, 11) is 0. The molecular formula is C22H16O5. The molecule has 0 saturated heterocycles. The Morgan fingerprint density at radius 3 is 2.33 bits per heavy atom. The molecule has 134 valence electrons. The van der Waals surface area contributed by atoms with Gasteiger partial charge >= 0.3 is 0 Å². The molecule has 3 aromatic carbocycles. The minimum atomic E-state index is -0.567. The molecule has 0 aliphatic rings. The number of fused-ring (bicyclic) bond motifs is 1. The molecule has 0 atom stereocenters. The summed E-state index contributed by atoms with van der Waals surface area (Å²) >= 11 is 0. The highest BCUT2D eigenvalue weighted by atomic mass is 16.5. The van der Waals surface area contributed by atoms with Gasteiger partial charge in [-0.15, -0.1) is 0 Å². The van der Waals surface area contributed by atoms with Crippen molar-refractivity contribution < 1.29 is 19.4 Å². The molecule has 0 unspecified atom stereocenters. The topological polar surface area (TPSA) is 79.9 Å². The number of phenolic OH excluding ortho intramolecular Hbond substituents is 1. The Kier molecular flexibility index (Phi) is 4.26. The third-order valence-electron chi connectivity index (χ3n) is 4.22. The van der Waals surface area contributed by atoms with Crippen LogP contribution in [0.15, 0.2) is 82.0 Å². The average Bonchev–Trinajstić information content (AvgIpc) is 2.70. The van der Waals surface area contributed by atoms with Gasteiger partial charge in [0.25, 0.3) is 0 Å². The van der Waals surface area contributed by atoms with Crippen LogP contribution in [-0.2, 0) is 6.61 Å². The van der Waals surface area contributed by atoms with E-state index in [4.69, 9.17) is 9.15 Å². The highest BCUT2D eigenvalue weighted by Crippen LogP contribution is 2.33. The second-order valence-electron chi connectivity index (χ2n) is 6.06. The molecular weight excluding hydrogens is 344 g/mol. The fourth-order valence-corrected chi connectivity index (χ4v) is 2.86. The first-order valence-electron chi connectivity index (χ1n) is 8.38. The molecule has 5 heteroatoms. The van der Waals surface area contributed by atoms with Crippen LogP contribution < -0.4 is 10.2 Å². The van der Waals surface area contributed by atoms with Crippen molar-refractivity contribution in [3.8, 4) is 28.6 Å². The Balaban J connectivity index is 1.78. The lowest BCUT2D eigenvalue weighted by Gasteiger charge is -2.11. The summed E-state index contributed by atoms with van der Waals surface area (Å²) in [6, 6.07) is 20.7. The maximum absolute atomic E-state index is 12.8. The van der Waals surface area contributed by atoms with Gasteiger partial charge in [-0.25, -0.2) is 0 Å². The van der Waals surface area contributed by atoms with Crippen molar-refractivity contribution >= 4 is 11.0 Å². The first-order valence-corrected chi connectivity index (χ1v) is 8.38. The fraction of sp³-hybridized carbons (Fsp3) is 0.0455. The molecule has 27 heavy (non-hydrogen) atoms. The van der Waals surface area contributed by atoms with E-state index in [-0.39, 0.29) is 16.9 Å². The van der Waals surface area contributed by atoms with Gasteiger partial charge in [-0.3, -0.25) is 4.79 Å². The molecule has 1 aromatic heterocycles. The van der Waals surface area contributed by atoms with Crippen LogP contribution in [0, 0.1) is 0 Å². The van der Waals surface area contributed by atoms with Crippen LogP contribution in [-0.4, -0.2) is 10.2 Å². The molecule has 0 radical (unpaired) electrons. The average molecular weight is 360 g/mol. The minimum Gasteiger partial charge on any atom is -0.508 e. The predicted molar refractivity (Wildman–Crippen MR) is 102 cm³/mol. The van der Waals surface area contributed by atoms with Crippen molar-refractivity contribution in [1.29, 1.82) is 0 Å². The van der Waals surface area contributed by atoms with E-state index in [9.17, 15) is 15.0 Å². The van der Waals surface area contributed by atoms with Crippen molar-refractivity contribution in [3.63, 3.8) is 0 Å². The first-order chi connectivity index (χ1) is 13.1. The van der Waals surface area contributed by atoms with E-state index in [0.29, 0.717) is 23.5 Å². The Hall–Kier alpha value is -3.73. The van der Waals surface area contributed by atoms with Gasteiger partial charge in [0, 0.05) is 5.56 Å². The number of rotatable bonds is 4. The molecule has 0 amide bonds. The highest BCUT2D eigenvalue weighted by Gasteiger charge is 2.18. The number of hydrogen-bond acceptors (Lipinski definition) is 5. The van der Waals surface area contributed by atoms with Gasteiger partial charge in [0.15, 0.2) is 5.76 Å². The quantitative estimate of drug-likeness (QED) is 0.562. The number of aromatic hydroxyl groups is 2. The van der Waals surface area contributed by atoms with Crippen LogP contribution in [0.3, 0.4) is 0 Å². The maximum atomic E-state index is 12.8. The SMILES string of the molecule is O=c1c(O)c(-c2ccc(O)cc2)oc2cccc(OCc3ccccc3)c12. The highest BCUT2D eigenvalue weighted by molar-refractivity contribution is 5.87. The normalized spacial score (nSPS) is 10.8. The molecule has 0 fully saturated rings. The molecule has 1 heterocycles. The fourth-order valence-electron chi connectivity index (χ4n) is 2.86. The second kappa shape index (κ2) is 6.88. The third kappa shape index (κ3) is 3.22. The monoisotopic (exact) mass is 360 g/mol. The lowest BCUT2D eigenvalue weighted by Crippen LogP contribution is -2.06. The number of ether oxygens (including phenoxy) is 1. The summed E-state index contributed by atoms with van der Waals surface area (Å²) < 4.78 is 11.6. The van der Waals surface area contributed by atoms with Crippen LogP contribution >= 0.6 is 0 Å². The van der Waals surface area contributed by atoms with E-state index in [1.807, 2.05) is 30.3 Å². The predicted octanol–water partition coefficient (Wildman–Crippen LogP) is 4.45. The van der Waals surface area contributed by atoms with Crippen molar-refractivity contribution in [2.24, 2.45) is 0 Å². The summed E-state index contributed by atoms with van der Waals surface area (Å²) in [5.74, 6) is -0.0210. The van der Waals surface area contributed by atoms with Gasteiger partial charge in [0.2, 0.25) is 11.2 Å². The lowest BCUT2D eigenvalue weighted by molar-refractivity contribution is 0.309. The molecule has 0 spiro atoms. The number of phenols is 1. The molecule has 4 rings (SSSR count).